The van der Waals surface area contributed by atoms with Gasteiger partial charge in [0.15, 0.2) is 0 Å². The third-order valence-corrected chi connectivity index (χ3v) is 4.21. The monoisotopic (exact) mass is 299 g/mol. The number of carbonyl (C=O) groups excluding carboxylic acids is 1. The lowest BCUT2D eigenvalue weighted by Gasteiger charge is -2.30. The van der Waals surface area contributed by atoms with E-state index in [0.29, 0.717) is 11.8 Å². The summed E-state index contributed by atoms with van der Waals surface area (Å²) in [7, 11) is 0. The molecule has 5 nitrogen and oxygen atoms in total. The molecule has 0 spiro atoms. The Kier molecular flexibility index (Phi) is 4.22. The van der Waals surface area contributed by atoms with Crippen LogP contribution in [-0.2, 0) is 4.79 Å². The summed E-state index contributed by atoms with van der Waals surface area (Å²) in [4.78, 5) is 18.1. The van der Waals surface area contributed by atoms with Crippen molar-refractivity contribution in [2.45, 2.75) is 52.0 Å². The minimum Gasteiger partial charge on any atom is -0.314 e. The van der Waals surface area contributed by atoms with Gasteiger partial charge in [-0.15, -0.1) is 0 Å². The summed E-state index contributed by atoms with van der Waals surface area (Å²) >= 11 is 0. The van der Waals surface area contributed by atoms with Gasteiger partial charge in [-0.25, -0.2) is 0 Å². The largest absolute Gasteiger partial charge is 0.331 e. The van der Waals surface area contributed by atoms with E-state index in [4.69, 9.17) is 4.52 Å². The van der Waals surface area contributed by atoms with Crippen LogP contribution in [0.3, 0.4) is 0 Å². The molecule has 1 aromatic carbocycles. The van der Waals surface area contributed by atoms with Gasteiger partial charge in [-0.3, -0.25) is 9.69 Å². The van der Waals surface area contributed by atoms with Crippen LogP contribution in [0.4, 0.5) is 6.01 Å². The zero-order valence-corrected chi connectivity index (χ0v) is 13.1. The van der Waals surface area contributed by atoms with Crippen molar-refractivity contribution in [3.05, 3.63) is 29.8 Å². The molecular weight excluding hydrogens is 278 g/mol. The van der Waals surface area contributed by atoms with E-state index in [2.05, 4.69) is 10.1 Å². The quantitative estimate of drug-likeness (QED) is 0.866. The molecular formula is C17H21N3O2. The molecule has 0 unspecified atom stereocenters. The van der Waals surface area contributed by atoms with Crippen LogP contribution in [0.1, 0.15) is 44.6 Å². The fraction of sp³-hybridized carbons (Fsp3) is 0.471. The fourth-order valence-electron chi connectivity index (χ4n) is 3.02. The third-order valence-electron chi connectivity index (χ3n) is 4.21. The van der Waals surface area contributed by atoms with E-state index in [-0.39, 0.29) is 11.9 Å². The number of carbonyl (C=O) groups is 1. The molecule has 0 aliphatic heterocycles. The van der Waals surface area contributed by atoms with E-state index >= 15 is 0 Å². The number of aromatic nitrogens is 2. The van der Waals surface area contributed by atoms with Crippen molar-refractivity contribution in [2.24, 2.45) is 0 Å². The first-order chi connectivity index (χ1) is 10.6. The highest BCUT2D eigenvalue weighted by Gasteiger charge is 2.28. The Morgan fingerprint density at radius 1 is 1.18 bits per heavy atom. The minimum absolute atomic E-state index is 0.0361. The van der Waals surface area contributed by atoms with Crippen LogP contribution >= 0.6 is 0 Å². The molecule has 1 aliphatic carbocycles. The van der Waals surface area contributed by atoms with Crippen molar-refractivity contribution in [3.8, 4) is 11.4 Å². The number of rotatable bonds is 3. The van der Waals surface area contributed by atoms with Gasteiger partial charge >= 0.3 is 6.01 Å². The maximum Gasteiger partial charge on any atom is 0.331 e. The highest BCUT2D eigenvalue weighted by Crippen LogP contribution is 2.28. The van der Waals surface area contributed by atoms with Crippen molar-refractivity contribution < 1.29 is 9.32 Å². The second kappa shape index (κ2) is 6.30. The van der Waals surface area contributed by atoms with Crippen molar-refractivity contribution in [3.63, 3.8) is 0 Å². The zero-order chi connectivity index (χ0) is 15.5. The van der Waals surface area contributed by atoms with Gasteiger partial charge in [-0.2, -0.15) is 4.98 Å². The number of benzene rings is 1. The number of hydrogen-bond donors (Lipinski definition) is 0. The molecule has 3 rings (SSSR count). The number of anilines is 1. The molecule has 1 saturated carbocycles. The molecule has 1 aliphatic rings. The Morgan fingerprint density at radius 3 is 2.50 bits per heavy atom. The van der Waals surface area contributed by atoms with E-state index in [1.165, 1.54) is 12.0 Å². The second-order valence-corrected chi connectivity index (χ2v) is 5.95. The number of aryl methyl sites for hydroxylation is 1. The maximum atomic E-state index is 12.0. The first kappa shape index (κ1) is 14.8. The molecule has 0 radical (unpaired) electrons. The Morgan fingerprint density at radius 2 is 1.86 bits per heavy atom. The number of nitrogens with zero attached hydrogens (tertiary/aromatic N) is 3. The van der Waals surface area contributed by atoms with Crippen LogP contribution in [-0.4, -0.2) is 22.1 Å². The normalized spacial score (nSPS) is 15.7. The van der Waals surface area contributed by atoms with Gasteiger partial charge in [0.05, 0.1) is 0 Å². The fourth-order valence-corrected chi connectivity index (χ4v) is 3.02. The molecule has 0 bridgehead atoms. The molecule has 0 atom stereocenters. The van der Waals surface area contributed by atoms with Gasteiger partial charge in [0, 0.05) is 18.5 Å². The van der Waals surface area contributed by atoms with E-state index in [0.717, 1.165) is 31.2 Å². The third kappa shape index (κ3) is 3.03. The average molecular weight is 299 g/mol. The molecule has 2 aromatic rings. The van der Waals surface area contributed by atoms with Gasteiger partial charge in [0.1, 0.15) is 0 Å². The first-order valence-electron chi connectivity index (χ1n) is 7.85. The van der Waals surface area contributed by atoms with Crippen molar-refractivity contribution >= 4 is 11.9 Å². The molecule has 1 heterocycles. The molecule has 5 heteroatoms. The van der Waals surface area contributed by atoms with Crippen LogP contribution < -0.4 is 4.90 Å². The van der Waals surface area contributed by atoms with Gasteiger partial charge in [-0.1, -0.05) is 54.2 Å². The van der Waals surface area contributed by atoms with Crippen LogP contribution in [0.25, 0.3) is 11.4 Å². The summed E-state index contributed by atoms with van der Waals surface area (Å²) in [5.41, 5.74) is 2.08. The summed E-state index contributed by atoms with van der Waals surface area (Å²) in [6.07, 6.45) is 5.53. The second-order valence-electron chi connectivity index (χ2n) is 5.95. The zero-order valence-electron chi connectivity index (χ0n) is 13.1. The Labute approximate surface area is 130 Å². The van der Waals surface area contributed by atoms with Crippen molar-refractivity contribution in [1.29, 1.82) is 0 Å². The standard InChI is InChI=1S/C17H21N3O2/c1-12-8-10-14(11-9-12)16-18-17(22-19-16)20(13(2)21)15-6-4-3-5-7-15/h8-11,15H,3-7H2,1-2H3. The summed E-state index contributed by atoms with van der Waals surface area (Å²) in [6.45, 7) is 3.59. The topological polar surface area (TPSA) is 59.2 Å². The van der Waals surface area contributed by atoms with Gasteiger partial charge in [-0.05, 0) is 19.8 Å². The lowest BCUT2D eigenvalue weighted by Crippen LogP contribution is -2.40. The maximum absolute atomic E-state index is 12.0. The lowest BCUT2D eigenvalue weighted by molar-refractivity contribution is -0.117. The summed E-state index contributed by atoms with van der Waals surface area (Å²) in [5.74, 6) is 0.489. The highest BCUT2D eigenvalue weighted by atomic mass is 16.5. The summed E-state index contributed by atoms with van der Waals surface area (Å²) in [5, 5.41) is 4.03. The van der Waals surface area contributed by atoms with Gasteiger partial charge in [0.25, 0.3) is 0 Å². The molecule has 1 fully saturated rings. The molecule has 1 amide bonds. The van der Waals surface area contributed by atoms with Gasteiger partial charge in [0.2, 0.25) is 11.7 Å². The SMILES string of the molecule is CC(=O)N(c1nc(-c2ccc(C)cc2)no1)C1CCCCC1. The lowest BCUT2D eigenvalue weighted by atomic mass is 9.94. The molecule has 22 heavy (non-hydrogen) atoms. The predicted octanol–water partition coefficient (Wildman–Crippen LogP) is 3.73. The highest BCUT2D eigenvalue weighted by molar-refractivity contribution is 5.89. The molecule has 116 valence electrons. The summed E-state index contributed by atoms with van der Waals surface area (Å²) in [6, 6.07) is 8.43. The van der Waals surface area contributed by atoms with E-state index < -0.39 is 0 Å². The van der Waals surface area contributed by atoms with Gasteiger partial charge < -0.3 is 4.52 Å². The first-order valence-corrected chi connectivity index (χ1v) is 7.85. The minimum atomic E-state index is -0.0361. The molecule has 0 N–H and O–H groups in total. The van der Waals surface area contributed by atoms with Crippen molar-refractivity contribution in [2.75, 3.05) is 4.90 Å². The van der Waals surface area contributed by atoms with Crippen LogP contribution in [0.15, 0.2) is 28.8 Å². The van der Waals surface area contributed by atoms with E-state index in [1.54, 1.807) is 11.8 Å². The van der Waals surface area contributed by atoms with E-state index in [1.807, 2.05) is 31.2 Å². The average Bonchev–Trinajstić information content (AvgIpc) is 2.98. The number of amides is 1. The van der Waals surface area contributed by atoms with Crippen LogP contribution in [0, 0.1) is 6.92 Å². The van der Waals surface area contributed by atoms with E-state index in [9.17, 15) is 4.79 Å². The Balaban J connectivity index is 1.86. The number of hydrogen-bond acceptors (Lipinski definition) is 4. The predicted molar refractivity (Wildman–Crippen MR) is 84.5 cm³/mol. The Hall–Kier alpha value is -2.17. The van der Waals surface area contributed by atoms with Crippen LogP contribution in [0.2, 0.25) is 0 Å². The van der Waals surface area contributed by atoms with Crippen LogP contribution in [0.5, 0.6) is 0 Å². The summed E-state index contributed by atoms with van der Waals surface area (Å²) < 4.78 is 5.37. The Bertz CT molecular complexity index is 642. The smallest absolute Gasteiger partial charge is 0.314 e. The molecule has 0 saturated heterocycles. The van der Waals surface area contributed by atoms with Crippen molar-refractivity contribution in [1.82, 2.24) is 10.1 Å². The molecule has 1 aromatic heterocycles.